The molecule has 0 radical (unpaired) electrons. The average molecular weight is 877 g/mol. The molecule has 2 aromatic carbocycles. The zero-order valence-corrected chi connectivity index (χ0v) is 35.1. The molecule has 2 heterocycles. The average Bonchev–Trinajstić information content (AvgIpc) is 3.76. The smallest absolute Gasteiger partial charge is 0.307 e. The molecule has 55 heavy (non-hydrogen) atoms. The van der Waals surface area contributed by atoms with Gasteiger partial charge >= 0.3 is 11.9 Å². The van der Waals surface area contributed by atoms with E-state index in [9.17, 15) is 19.8 Å². The highest BCUT2D eigenvalue weighted by Gasteiger charge is 2.28. The summed E-state index contributed by atoms with van der Waals surface area (Å²) in [6, 6.07) is 21.7. The number of carbonyl (C=O) groups is 2. The van der Waals surface area contributed by atoms with E-state index in [0.29, 0.717) is 62.2 Å². The molecule has 2 N–H and O–H groups in total. The largest absolute Gasteiger partial charge is 0.460 e. The van der Waals surface area contributed by atoms with Crippen LogP contribution in [0.2, 0.25) is 0 Å². The molecule has 0 aliphatic carbocycles. The van der Waals surface area contributed by atoms with Crippen LogP contribution in [0.1, 0.15) is 126 Å². The molecule has 0 unspecified atom stereocenters. The van der Waals surface area contributed by atoms with E-state index in [1.165, 1.54) is 0 Å². The molecule has 0 amide bonds. The quantitative estimate of drug-likeness (QED) is 0.0495. The van der Waals surface area contributed by atoms with E-state index in [-0.39, 0.29) is 49.8 Å². The topological polar surface area (TPSA) is 164 Å². The minimum Gasteiger partial charge on any atom is -0.460 e. The number of rotatable bonds is 20. The molecule has 4 rings (SSSR count). The van der Waals surface area contributed by atoms with E-state index in [1.54, 1.807) is 6.07 Å². The van der Waals surface area contributed by atoms with E-state index in [0.717, 1.165) is 27.5 Å². The molecular weight excluding hydrogens is 819 g/mol. The zero-order valence-electron chi connectivity index (χ0n) is 32.9. The lowest BCUT2D eigenvalue weighted by Gasteiger charge is -2.21. The highest BCUT2D eigenvalue weighted by Crippen LogP contribution is 2.32. The van der Waals surface area contributed by atoms with Gasteiger partial charge in [0.2, 0.25) is 0 Å². The minimum absolute atomic E-state index is 0.159. The molecule has 4 aromatic rings. The van der Waals surface area contributed by atoms with Crippen LogP contribution in [0.4, 0.5) is 0 Å². The number of aliphatic hydroxyl groups excluding tert-OH is 2. The molecular formula is C42H57IN2O10. The van der Waals surface area contributed by atoms with Crippen LogP contribution in [0, 0.1) is 3.57 Å². The minimum atomic E-state index is -0.536. The van der Waals surface area contributed by atoms with Gasteiger partial charge in [-0.3, -0.25) is 9.59 Å². The Kier molecular flexibility index (Phi) is 19.5. The molecule has 0 bridgehead atoms. The number of aromatic nitrogens is 2. The molecule has 0 saturated carbocycles. The van der Waals surface area contributed by atoms with Gasteiger partial charge in [-0.25, -0.2) is 0 Å². The zero-order chi connectivity index (χ0) is 40.3. The first-order valence-corrected chi connectivity index (χ1v) is 19.7. The lowest BCUT2D eigenvalue weighted by atomic mass is 9.96. The SMILES string of the molecule is CC(C)(C)OC(=O)C[C@H](CCCOCc1ccccc1)c1cc(CO)no1.CC(C)(C)OC(=O)C[C@H](CCCOCc1ccccc1)c1onc(CO)c1I. The van der Waals surface area contributed by atoms with Crippen LogP contribution < -0.4 is 0 Å². The maximum atomic E-state index is 12.3. The third kappa shape index (κ3) is 18.2. The molecule has 0 fully saturated rings. The van der Waals surface area contributed by atoms with Crippen molar-refractivity contribution in [2.75, 3.05) is 13.2 Å². The number of hydrogen-bond acceptors (Lipinski definition) is 12. The molecule has 0 aliphatic heterocycles. The molecule has 0 saturated heterocycles. The van der Waals surface area contributed by atoms with Gasteiger partial charge in [-0.05, 0) is 101 Å². The van der Waals surface area contributed by atoms with Crippen molar-refractivity contribution in [3.05, 3.63) is 104 Å². The van der Waals surface area contributed by atoms with Crippen LogP contribution in [0.25, 0.3) is 0 Å². The normalized spacial score (nSPS) is 12.7. The Bertz CT molecular complexity index is 1680. The van der Waals surface area contributed by atoms with Gasteiger partial charge in [0.25, 0.3) is 0 Å². The third-order valence-electron chi connectivity index (χ3n) is 7.96. The summed E-state index contributed by atoms with van der Waals surface area (Å²) in [5.74, 6) is 0.328. The predicted molar refractivity (Wildman–Crippen MR) is 215 cm³/mol. The van der Waals surface area contributed by atoms with Gasteiger partial charge in [0.15, 0.2) is 5.76 Å². The van der Waals surface area contributed by atoms with Crippen LogP contribution >= 0.6 is 22.6 Å². The van der Waals surface area contributed by atoms with Crippen LogP contribution in [0.5, 0.6) is 0 Å². The highest BCUT2D eigenvalue weighted by atomic mass is 127. The summed E-state index contributed by atoms with van der Waals surface area (Å²) < 4.78 is 33.9. The van der Waals surface area contributed by atoms with E-state index in [2.05, 4.69) is 32.9 Å². The van der Waals surface area contributed by atoms with E-state index >= 15 is 0 Å². The van der Waals surface area contributed by atoms with Crippen molar-refractivity contribution < 1.29 is 47.8 Å². The summed E-state index contributed by atoms with van der Waals surface area (Å²) in [6.45, 7) is 13.0. The lowest BCUT2D eigenvalue weighted by Crippen LogP contribution is -2.25. The first kappa shape index (κ1) is 45.8. The van der Waals surface area contributed by atoms with E-state index < -0.39 is 11.2 Å². The second kappa shape index (κ2) is 23.4. The summed E-state index contributed by atoms with van der Waals surface area (Å²) in [5.41, 5.74) is 2.14. The number of nitrogens with zero attached hydrogens (tertiary/aromatic N) is 2. The number of carbonyl (C=O) groups excluding carboxylic acids is 2. The standard InChI is InChI=1S/C21H28INO5.C21H29NO5/c1-21(2,3)27-18(25)12-16(20-19(22)17(13-24)23-28-20)10-7-11-26-14-15-8-5-4-6-9-15;1-21(2,3)26-20(24)12-17(19-13-18(14-23)22-27-19)10-7-11-25-15-16-8-5-4-6-9-16/h4-6,8-9,16,24H,7,10-14H2,1-3H3;4-6,8-9,13,17,23H,7,10-12,14-15H2,1-3H3/t16-;17-/m00/s1. The van der Waals surface area contributed by atoms with Crippen molar-refractivity contribution in [1.29, 1.82) is 0 Å². The third-order valence-corrected chi connectivity index (χ3v) is 9.11. The summed E-state index contributed by atoms with van der Waals surface area (Å²) >= 11 is 2.10. The van der Waals surface area contributed by atoms with Crippen molar-refractivity contribution in [2.24, 2.45) is 0 Å². The number of esters is 2. The fraction of sp³-hybridized carbons (Fsp3) is 0.524. The van der Waals surface area contributed by atoms with Crippen LogP contribution in [0.15, 0.2) is 75.8 Å². The fourth-order valence-electron chi connectivity index (χ4n) is 5.51. The molecule has 2 aromatic heterocycles. The second-order valence-corrected chi connectivity index (χ2v) is 16.3. The number of hydrogen-bond donors (Lipinski definition) is 2. The van der Waals surface area contributed by atoms with Crippen LogP contribution in [-0.2, 0) is 55.0 Å². The van der Waals surface area contributed by atoms with Gasteiger partial charge in [0.05, 0.1) is 42.8 Å². The maximum absolute atomic E-state index is 12.3. The van der Waals surface area contributed by atoms with Gasteiger partial charge in [-0.1, -0.05) is 71.0 Å². The fourth-order valence-corrected chi connectivity index (χ4v) is 6.31. The number of ether oxygens (including phenoxy) is 4. The van der Waals surface area contributed by atoms with E-state index in [1.807, 2.05) is 102 Å². The van der Waals surface area contributed by atoms with Crippen molar-refractivity contribution in [1.82, 2.24) is 10.3 Å². The summed E-state index contributed by atoms with van der Waals surface area (Å²) in [7, 11) is 0. The Hall–Kier alpha value is -3.63. The highest BCUT2D eigenvalue weighted by molar-refractivity contribution is 14.1. The Morgan fingerprint density at radius 1 is 0.709 bits per heavy atom. The summed E-state index contributed by atoms with van der Waals surface area (Å²) in [6.07, 6.45) is 3.35. The van der Waals surface area contributed by atoms with E-state index in [4.69, 9.17) is 28.0 Å². The van der Waals surface area contributed by atoms with Crippen molar-refractivity contribution in [3.8, 4) is 0 Å². The molecule has 0 aliphatic rings. The monoisotopic (exact) mass is 876 g/mol. The van der Waals surface area contributed by atoms with Crippen LogP contribution in [0.3, 0.4) is 0 Å². The van der Waals surface area contributed by atoms with Crippen molar-refractivity contribution in [2.45, 2.75) is 130 Å². The molecule has 0 spiro atoms. The Morgan fingerprint density at radius 3 is 1.64 bits per heavy atom. The van der Waals surface area contributed by atoms with Crippen molar-refractivity contribution >= 4 is 34.5 Å². The first-order chi connectivity index (χ1) is 26.2. The Labute approximate surface area is 338 Å². The van der Waals surface area contributed by atoms with Gasteiger partial charge in [0, 0.05) is 31.1 Å². The number of halogens is 1. The Balaban J connectivity index is 0.000000296. The van der Waals surface area contributed by atoms with Gasteiger partial charge < -0.3 is 38.2 Å². The number of aliphatic hydroxyl groups is 2. The summed E-state index contributed by atoms with van der Waals surface area (Å²) in [4.78, 5) is 24.6. The number of benzene rings is 2. The van der Waals surface area contributed by atoms with Crippen molar-refractivity contribution in [3.63, 3.8) is 0 Å². The lowest BCUT2D eigenvalue weighted by molar-refractivity contribution is -0.156. The molecule has 2 atom stereocenters. The van der Waals surface area contributed by atoms with Gasteiger partial charge in [-0.2, -0.15) is 0 Å². The molecule has 12 nitrogen and oxygen atoms in total. The first-order valence-electron chi connectivity index (χ1n) is 18.7. The predicted octanol–water partition coefficient (Wildman–Crippen LogP) is 8.56. The molecule has 13 heteroatoms. The van der Waals surface area contributed by atoms with Gasteiger partial charge in [-0.15, -0.1) is 0 Å². The molecule has 302 valence electrons. The Morgan fingerprint density at radius 2 is 1.20 bits per heavy atom. The van der Waals surface area contributed by atoms with Crippen LogP contribution in [-0.4, -0.2) is 56.9 Å². The second-order valence-electron chi connectivity index (χ2n) is 15.2. The van der Waals surface area contributed by atoms with Gasteiger partial charge in [0.1, 0.15) is 28.4 Å². The summed E-state index contributed by atoms with van der Waals surface area (Å²) in [5, 5.41) is 26.3. The maximum Gasteiger partial charge on any atom is 0.307 e.